The van der Waals surface area contributed by atoms with Crippen molar-refractivity contribution in [3.63, 3.8) is 0 Å². The van der Waals surface area contributed by atoms with E-state index in [4.69, 9.17) is 4.42 Å². The van der Waals surface area contributed by atoms with Gasteiger partial charge in [-0.2, -0.15) is 0 Å². The Morgan fingerprint density at radius 2 is 1.00 bits per heavy atom. The van der Waals surface area contributed by atoms with Crippen molar-refractivity contribution in [2.75, 3.05) is 4.90 Å². The Hall–Kier alpha value is -6.68. The molecule has 11 rings (SSSR count). The van der Waals surface area contributed by atoms with Crippen LogP contribution in [0.25, 0.3) is 85.9 Å². The largest absolute Gasteiger partial charge is 0.456 e. The van der Waals surface area contributed by atoms with E-state index in [1.807, 2.05) is 23.5 Å². The van der Waals surface area contributed by atoms with Crippen molar-refractivity contribution in [3.05, 3.63) is 188 Å². The third kappa shape index (κ3) is 5.01. The number of fused-ring (bicyclic) bond motifs is 8. The molecule has 2 nitrogen and oxygen atoms in total. The maximum atomic E-state index is 6.22. The van der Waals surface area contributed by atoms with Crippen molar-refractivity contribution in [1.29, 1.82) is 0 Å². The highest BCUT2D eigenvalue weighted by molar-refractivity contribution is 7.25. The fourth-order valence-corrected chi connectivity index (χ4v) is 9.16. The van der Waals surface area contributed by atoms with Gasteiger partial charge in [-0.1, -0.05) is 121 Å². The highest BCUT2D eigenvalue weighted by atomic mass is 32.1. The molecule has 0 aliphatic carbocycles. The summed E-state index contributed by atoms with van der Waals surface area (Å²) < 4.78 is 8.82. The second-order valence-corrected chi connectivity index (χ2v) is 14.8. The van der Waals surface area contributed by atoms with Crippen molar-refractivity contribution in [3.8, 4) is 22.3 Å². The molecule has 248 valence electrons. The zero-order valence-electron chi connectivity index (χ0n) is 28.7. The first-order chi connectivity index (χ1) is 26.2. The number of para-hydroxylation sites is 1. The Kier molecular flexibility index (Phi) is 6.76. The van der Waals surface area contributed by atoms with E-state index in [0.717, 1.165) is 39.0 Å². The van der Waals surface area contributed by atoms with E-state index >= 15 is 0 Å². The van der Waals surface area contributed by atoms with E-state index < -0.39 is 0 Å². The van der Waals surface area contributed by atoms with Gasteiger partial charge in [0.2, 0.25) is 0 Å². The summed E-state index contributed by atoms with van der Waals surface area (Å²) in [6, 6.07) is 68.1. The lowest BCUT2D eigenvalue weighted by molar-refractivity contribution is 0.669. The van der Waals surface area contributed by atoms with Gasteiger partial charge in [0.1, 0.15) is 11.2 Å². The Morgan fingerprint density at radius 1 is 0.340 bits per heavy atom. The first kappa shape index (κ1) is 30.0. The molecule has 0 aliphatic rings. The monoisotopic (exact) mass is 693 g/mol. The van der Waals surface area contributed by atoms with E-state index in [9.17, 15) is 0 Å². The Balaban J connectivity index is 0.999. The number of hydrogen-bond acceptors (Lipinski definition) is 3. The van der Waals surface area contributed by atoms with Crippen molar-refractivity contribution in [2.45, 2.75) is 0 Å². The van der Waals surface area contributed by atoms with E-state index in [0.29, 0.717) is 0 Å². The number of rotatable bonds is 5. The molecule has 0 atom stereocenters. The van der Waals surface area contributed by atoms with Crippen LogP contribution in [0.5, 0.6) is 0 Å². The molecule has 0 aliphatic heterocycles. The van der Waals surface area contributed by atoms with Crippen LogP contribution in [-0.2, 0) is 0 Å². The number of benzene rings is 9. The Labute approximate surface area is 310 Å². The van der Waals surface area contributed by atoms with E-state index in [1.54, 1.807) is 0 Å². The molecule has 0 N–H and O–H groups in total. The molecule has 0 spiro atoms. The molecular formula is C50H31NOS. The summed E-state index contributed by atoms with van der Waals surface area (Å²) in [5.74, 6) is 0. The molecule has 0 saturated heterocycles. The standard InChI is InChI=1S/C50H31NOS/c1-2-10-41-33(8-1)9-7-13-42(41)34-20-24-39(25-21-34)51(40-26-27-45-44-12-4-6-15-49(44)53-50(45)31-40)38-22-18-32(19-23-38)35-16-17-36-29-46-43-11-3-5-14-47(43)52-48(46)30-37(36)28-35/h1-31H. The molecule has 3 heteroatoms. The zero-order chi connectivity index (χ0) is 34.9. The number of furan rings is 1. The van der Waals surface area contributed by atoms with E-state index in [-0.39, 0.29) is 0 Å². The molecule has 0 radical (unpaired) electrons. The van der Waals surface area contributed by atoms with Crippen LogP contribution in [0.2, 0.25) is 0 Å². The third-order valence-corrected chi connectivity index (χ3v) is 11.8. The van der Waals surface area contributed by atoms with Crippen LogP contribution in [0.1, 0.15) is 0 Å². The minimum atomic E-state index is 0.920. The number of nitrogens with zero attached hydrogens (tertiary/aromatic N) is 1. The predicted molar refractivity (Wildman–Crippen MR) is 227 cm³/mol. The molecule has 2 heterocycles. The van der Waals surface area contributed by atoms with Crippen LogP contribution in [0, 0.1) is 0 Å². The molecule has 0 fully saturated rings. The molecule has 0 unspecified atom stereocenters. The van der Waals surface area contributed by atoms with Gasteiger partial charge in [0.25, 0.3) is 0 Å². The van der Waals surface area contributed by atoms with Gasteiger partial charge in [-0.25, -0.2) is 0 Å². The third-order valence-electron chi connectivity index (χ3n) is 10.6. The quantitative estimate of drug-likeness (QED) is 0.178. The summed E-state index contributed by atoms with van der Waals surface area (Å²) in [7, 11) is 0. The van der Waals surface area contributed by atoms with Crippen LogP contribution >= 0.6 is 11.3 Å². The normalized spacial score (nSPS) is 11.8. The molecular weight excluding hydrogens is 663 g/mol. The zero-order valence-corrected chi connectivity index (χ0v) is 29.5. The second kappa shape index (κ2) is 11.9. The molecule has 9 aromatic carbocycles. The molecule has 2 aromatic heterocycles. The number of hydrogen-bond donors (Lipinski definition) is 0. The van der Waals surface area contributed by atoms with Crippen molar-refractivity contribution < 1.29 is 4.42 Å². The van der Waals surface area contributed by atoms with Crippen LogP contribution in [0.4, 0.5) is 17.1 Å². The highest BCUT2D eigenvalue weighted by Crippen LogP contribution is 2.42. The molecule has 11 aromatic rings. The summed E-state index contributed by atoms with van der Waals surface area (Å²) in [6.07, 6.45) is 0. The average Bonchev–Trinajstić information content (AvgIpc) is 3.77. The van der Waals surface area contributed by atoms with E-state index in [2.05, 4.69) is 181 Å². The van der Waals surface area contributed by atoms with E-state index in [1.165, 1.54) is 64.0 Å². The first-order valence-electron chi connectivity index (χ1n) is 18.0. The summed E-state index contributed by atoms with van der Waals surface area (Å²) in [5, 5.41) is 9.82. The van der Waals surface area contributed by atoms with Gasteiger partial charge < -0.3 is 9.32 Å². The Morgan fingerprint density at radius 3 is 1.85 bits per heavy atom. The minimum Gasteiger partial charge on any atom is -0.456 e. The topological polar surface area (TPSA) is 16.4 Å². The number of thiophene rings is 1. The maximum absolute atomic E-state index is 6.22. The lowest BCUT2D eigenvalue weighted by Gasteiger charge is -2.26. The molecule has 53 heavy (non-hydrogen) atoms. The van der Waals surface area contributed by atoms with Crippen LogP contribution in [0.3, 0.4) is 0 Å². The lowest BCUT2D eigenvalue weighted by atomic mass is 9.98. The average molecular weight is 694 g/mol. The first-order valence-corrected chi connectivity index (χ1v) is 18.8. The Bertz CT molecular complexity index is 3160. The fourth-order valence-electron chi connectivity index (χ4n) is 8.02. The van der Waals surface area contributed by atoms with Gasteiger partial charge in [0, 0.05) is 48.0 Å². The summed E-state index contributed by atoms with van der Waals surface area (Å²) in [6.45, 7) is 0. The second-order valence-electron chi connectivity index (χ2n) is 13.7. The lowest BCUT2D eigenvalue weighted by Crippen LogP contribution is -2.09. The minimum absolute atomic E-state index is 0.920. The van der Waals surface area contributed by atoms with Crippen LogP contribution in [-0.4, -0.2) is 0 Å². The molecule has 0 saturated carbocycles. The summed E-state index contributed by atoms with van der Waals surface area (Å²) >= 11 is 1.85. The summed E-state index contributed by atoms with van der Waals surface area (Å²) in [5.41, 5.74) is 10.0. The van der Waals surface area contributed by atoms with Crippen molar-refractivity contribution in [1.82, 2.24) is 0 Å². The van der Waals surface area contributed by atoms with Crippen molar-refractivity contribution >= 4 is 92.1 Å². The van der Waals surface area contributed by atoms with Gasteiger partial charge in [-0.05, 0) is 111 Å². The molecule has 0 bridgehead atoms. The van der Waals surface area contributed by atoms with Gasteiger partial charge >= 0.3 is 0 Å². The summed E-state index contributed by atoms with van der Waals surface area (Å²) in [4.78, 5) is 2.37. The number of anilines is 3. The van der Waals surface area contributed by atoms with Gasteiger partial charge in [-0.15, -0.1) is 11.3 Å². The maximum Gasteiger partial charge on any atom is 0.136 e. The van der Waals surface area contributed by atoms with Crippen molar-refractivity contribution in [2.24, 2.45) is 0 Å². The molecule has 0 amide bonds. The fraction of sp³-hybridized carbons (Fsp3) is 0. The van der Waals surface area contributed by atoms with Crippen LogP contribution in [0.15, 0.2) is 192 Å². The van der Waals surface area contributed by atoms with Gasteiger partial charge in [-0.3, -0.25) is 0 Å². The van der Waals surface area contributed by atoms with Gasteiger partial charge in [0.15, 0.2) is 0 Å². The predicted octanol–water partition coefficient (Wildman–Crippen LogP) is 15.1. The highest BCUT2D eigenvalue weighted by Gasteiger charge is 2.16. The van der Waals surface area contributed by atoms with Gasteiger partial charge in [0.05, 0.1) is 0 Å². The smallest absolute Gasteiger partial charge is 0.136 e. The van der Waals surface area contributed by atoms with Crippen LogP contribution < -0.4 is 4.90 Å². The SMILES string of the molecule is c1ccc2c(-c3ccc(N(c4ccc(-c5ccc6cc7c(cc6c5)oc5ccccc57)cc4)c4ccc5c(c4)sc4ccccc45)cc3)cccc2c1.